The summed E-state index contributed by atoms with van der Waals surface area (Å²) in [6.45, 7) is 6.93. The number of para-hydroxylation sites is 1. The van der Waals surface area contributed by atoms with Crippen LogP contribution in [-0.4, -0.2) is 57.3 Å². The van der Waals surface area contributed by atoms with E-state index in [0.29, 0.717) is 12.6 Å². The van der Waals surface area contributed by atoms with Gasteiger partial charge in [-0.05, 0) is 84.0 Å². The molecule has 6 heteroatoms. The number of rotatable bonds is 9. The minimum absolute atomic E-state index is 0.296. The third-order valence-corrected chi connectivity index (χ3v) is 6.30. The lowest BCUT2D eigenvalue weighted by molar-refractivity contribution is 0.198. The summed E-state index contributed by atoms with van der Waals surface area (Å²) in [4.78, 5) is 7.27. The fraction of sp³-hybridized carbons (Fsp3) is 0.708. The standard InChI is InChI=1S/C24H40N4O2/c1-4-25-24(26-15-12-19-13-16-28(2)17-14-19)27-18-20-8-7-11-22(29-3)23(20)30-21-9-5-6-10-21/h7-8,11,19,21H,4-6,9-10,12-18H2,1-3H3,(H2,25,26,27). The Bertz CT molecular complexity index is 665. The van der Waals surface area contributed by atoms with Gasteiger partial charge >= 0.3 is 0 Å². The Morgan fingerprint density at radius 2 is 1.90 bits per heavy atom. The molecule has 2 N–H and O–H groups in total. The minimum atomic E-state index is 0.296. The molecule has 0 spiro atoms. The first kappa shape index (κ1) is 22.7. The highest BCUT2D eigenvalue weighted by molar-refractivity contribution is 5.79. The quantitative estimate of drug-likeness (QED) is 0.474. The van der Waals surface area contributed by atoms with Crippen molar-refractivity contribution in [2.75, 3.05) is 40.3 Å². The summed E-state index contributed by atoms with van der Waals surface area (Å²) in [5, 5.41) is 6.90. The predicted molar refractivity (Wildman–Crippen MR) is 124 cm³/mol. The Morgan fingerprint density at radius 3 is 2.60 bits per heavy atom. The summed E-state index contributed by atoms with van der Waals surface area (Å²) in [7, 11) is 3.92. The van der Waals surface area contributed by atoms with Crippen LogP contribution in [0.3, 0.4) is 0 Å². The second kappa shape index (κ2) is 12.0. The van der Waals surface area contributed by atoms with E-state index in [9.17, 15) is 0 Å². The third kappa shape index (κ3) is 6.79. The van der Waals surface area contributed by atoms with Crippen LogP contribution in [-0.2, 0) is 6.54 Å². The molecule has 0 atom stereocenters. The largest absolute Gasteiger partial charge is 0.493 e. The zero-order valence-corrected chi connectivity index (χ0v) is 19.1. The molecule has 1 aliphatic heterocycles. The molecule has 6 nitrogen and oxygen atoms in total. The van der Waals surface area contributed by atoms with Crippen LogP contribution in [0.5, 0.6) is 11.5 Å². The van der Waals surface area contributed by atoms with Gasteiger partial charge in [0.15, 0.2) is 17.5 Å². The number of guanidine groups is 1. The first-order valence-electron chi connectivity index (χ1n) is 11.7. The van der Waals surface area contributed by atoms with Gasteiger partial charge in [-0.3, -0.25) is 0 Å². The Balaban J connectivity index is 1.59. The summed E-state index contributed by atoms with van der Waals surface area (Å²) in [5.74, 6) is 3.36. The minimum Gasteiger partial charge on any atom is -0.493 e. The number of methoxy groups -OCH3 is 1. The fourth-order valence-corrected chi connectivity index (χ4v) is 4.40. The van der Waals surface area contributed by atoms with Gasteiger partial charge in [-0.25, -0.2) is 4.99 Å². The van der Waals surface area contributed by atoms with Gasteiger partial charge in [0.25, 0.3) is 0 Å². The molecule has 1 heterocycles. The van der Waals surface area contributed by atoms with Crippen molar-refractivity contribution in [3.8, 4) is 11.5 Å². The Labute approximate surface area is 182 Å². The van der Waals surface area contributed by atoms with E-state index in [1.165, 1.54) is 45.2 Å². The third-order valence-electron chi connectivity index (χ3n) is 6.30. The van der Waals surface area contributed by atoms with Gasteiger partial charge in [-0.15, -0.1) is 0 Å². The zero-order valence-electron chi connectivity index (χ0n) is 19.1. The molecular formula is C24H40N4O2. The highest BCUT2D eigenvalue weighted by Crippen LogP contribution is 2.35. The topological polar surface area (TPSA) is 58.1 Å². The molecule has 2 fully saturated rings. The molecule has 1 aromatic carbocycles. The fourth-order valence-electron chi connectivity index (χ4n) is 4.40. The second-order valence-electron chi connectivity index (χ2n) is 8.63. The van der Waals surface area contributed by atoms with Gasteiger partial charge in [0, 0.05) is 18.7 Å². The molecule has 0 amide bonds. The van der Waals surface area contributed by atoms with E-state index in [-0.39, 0.29) is 0 Å². The lowest BCUT2D eigenvalue weighted by Crippen LogP contribution is -2.39. The Morgan fingerprint density at radius 1 is 1.13 bits per heavy atom. The van der Waals surface area contributed by atoms with Gasteiger partial charge in [0.05, 0.1) is 19.8 Å². The number of piperidine rings is 1. The predicted octanol–water partition coefficient (Wildman–Crippen LogP) is 3.80. The van der Waals surface area contributed by atoms with Gasteiger partial charge < -0.3 is 25.0 Å². The second-order valence-corrected chi connectivity index (χ2v) is 8.63. The lowest BCUT2D eigenvalue weighted by Gasteiger charge is -2.29. The number of benzene rings is 1. The van der Waals surface area contributed by atoms with Crippen molar-refractivity contribution < 1.29 is 9.47 Å². The molecule has 0 aromatic heterocycles. The monoisotopic (exact) mass is 416 g/mol. The molecule has 1 saturated carbocycles. The summed E-state index contributed by atoms with van der Waals surface area (Å²) < 4.78 is 11.9. The summed E-state index contributed by atoms with van der Waals surface area (Å²) in [5.41, 5.74) is 1.08. The average molecular weight is 417 g/mol. The number of nitrogens with one attached hydrogen (secondary N) is 2. The summed E-state index contributed by atoms with van der Waals surface area (Å²) in [6, 6.07) is 6.09. The maximum absolute atomic E-state index is 6.35. The van der Waals surface area contributed by atoms with E-state index >= 15 is 0 Å². The van der Waals surface area contributed by atoms with Crippen LogP contribution in [0.4, 0.5) is 0 Å². The number of hydrogen-bond acceptors (Lipinski definition) is 4. The smallest absolute Gasteiger partial charge is 0.191 e. The summed E-state index contributed by atoms with van der Waals surface area (Å²) >= 11 is 0. The molecular weight excluding hydrogens is 376 g/mol. The SMILES string of the molecule is CCNC(=NCc1cccc(OC)c1OC1CCCC1)NCCC1CCN(C)CC1. The van der Waals surface area contributed by atoms with Gasteiger partial charge in [0.1, 0.15) is 0 Å². The normalized spacial score (nSPS) is 19.1. The van der Waals surface area contributed by atoms with Crippen molar-refractivity contribution >= 4 is 5.96 Å². The lowest BCUT2D eigenvalue weighted by atomic mass is 9.94. The number of ether oxygens (including phenoxy) is 2. The van der Waals surface area contributed by atoms with Crippen molar-refractivity contribution in [3.63, 3.8) is 0 Å². The molecule has 1 saturated heterocycles. The van der Waals surface area contributed by atoms with E-state index in [4.69, 9.17) is 14.5 Å². The zero-order chi connectivity index (χ0) is 21.2. The van der Waals surface area contributed by atoms with Crippen LogP contribution in [0, 0.1) is 5.92 Å². The van der Waals surface area contributed by atoms with E-state index in [0.717, 1.165) is 54.9 Å². The molecule has 3 rings (SSSR count). The molecule has 168 valence electrons. The van der Waals surface area contributed by atoms with Crippen LogP contribution in [0.15, 0.2) is 23.2 Å². The number of aliphatic imine (C=N–C) groups is 1. The highest BCUT2D eigenvalue weighted by atomic mass is 16.5. The van der Waals surface area contributed by atoms with E-state index in [1.54, 1.807) is 7.11 Å². The van der Waals surface area contributed by atoms with Crippen LogP contribution in [0.2, 0.25) is 0 Å². The van der Waals surface area contributed by atoms with Crippen molar-refractivity contribution in [2.45, 2.75) is 64.5 Å². The molecule has 2 aliphatic rings. The van der Waals surface area contributed by atoms with E-state index < -0.39 is 0 Å². The first-order valence-corrected chi connectivity index (χ1v) is 11.7. The van der Waals surface area contributed by atoms with Crippen LogP contribution >= 0.6 is 0 Å². The van der Waals surface area contributed by atoms with Crippen molar-refractivity contribution in [3.05, 3.63) is 23.8 Å². The molecule has 1 aliphatic carbocycles. The van der Waals surface area contributed by atoms with Crippen LogP contribution in [0.1, 0.15) is 57.4 Å². The Kier molecular flexibility index (Phi) is 9.12. The van der Waals surface area contributed by atoms with E-state index in [1.807, 2.05) is 12.1 Å². The Hall–Kier alpha value is -1.95. The summed E-state index contributed by atoms with van der Waals surface area (Å²) in [6.07, 6.45) is 8.86. The van der Waals surface area contributed by atoms with Crippen molar-refractivity contribution in [1.29, 1.82) is 0 Å². The van der Waals surface area contributed by atoms with Crippen molar-refractivity contribution in [2.24, 2.45) is 10.9 Å². The molecule has 0 unspecified atom stereocenters. The molecule has 0 bridgehead atoms. The average Bonchev–Trinajstić information content (AvgIpc) is 3.27. The van der Waals surface area contributed by atoms with Gasteiger partial charge in [-0.1, -0.05) is 12.1 Å². The van der Waals surface area contributed by atoms with Crippen LogP contribution < -0.4 is 20.1 Å². The molecule has 30 heavy (non-hydrogen) atoms. The first-order chi connectivity index (χ1) is 14.7. The number of nitrogens with zero attached hydrogens (tertiary/aromatic N) is 2. The molecule has 1 aromatic rings. The highest BCUT2D eigenvalue weighted by Gasteiger charge is 2.20. The van der Waals surface area contributed by atoms with Gasteiger partial charge in [0.2, 0.25) is 0 Å². The van der Waals surface area contributed by atoms with Gasteiger partial charge in [-0.2, -0.15) is 0 Å². The van der Waals surface area contributed by atoms with E-state index in [2.05, 4.69) is 35.6 Å². The van der Waals surface area contributed by atoms with Crippen LogP contribution in [0.25, 0.3) is 0 Å². The molecule has 0 radical (unpaired) electrons. The van der Waals surface area contributed by atoms with Crippen molar-refractivity contribution in [1.82, 2.24) is 15.5 Å². The number of hydrogen-bond donors (Lipinski definition) is 2. The maximum atomic E-state index is 6.35. The maximum Gasteiger partial charge on any atom is 0.191 e. The number of likely N-dealkylation sites (tertiary alicyclic amines) is 1.